The maximum atomic E-state index is 10.3. The van der Waals surface area contributed by atoms with Crippen LogP contribution in [0.25, 0.3) is 0 Å². The molecular formula is C14H16N2OS. The van der Waals surface area contributed by atoms with Crippen LogP contribution in [-0.2, 0) is 0 Å². The lowest BCUT2D eigenvalue weighted by Gasteiger charge is -2.26. The van der Waals surface area contributed by atoms with Crippen molar-refractivity contribution in [2.45, 2.75) is 38.2 Å². The van der Waals surface area contributed by atoms with Crippen LogP contribution in [0.1, 0.15) is 53.0 Å². The summed E-state index contributed by atoms with van der Waals surface area (Å²) in [5, 5.41) is 14.2. The molecule has 0 radical (unpaired) electrons. The van der Waals surface area contributed by atoms with Crippen molar-refractivity contribution in [1.82, 2.24) is 9.59 Å². The molecule has 4 heteroatoms. The van der Waals surface area contributed by atoms with E-state index in [1.165, 1.54) is 36.4 Å². The maximum absolute atomic E-state index is 10.3. The molecule has 0 spiro atoms. The number of aliphatic hydroxyl groups excluding tert-OH is 1. The minimum absolute atomic E-state index is 0.597. The predicted octanol–water partition coefficient (Wildman–Crippen LogP) is 3.20. The van der Waals surface area contributed by atoms with E-state index >= 15 is 0 Å². The number of aryl methyl sites for hydroxylation is 1. The Morgan fingerprint density at radius 3 is 2.50 bits per heavy atom. The maximum Gasteiger partial charge on any atom is 0.117 e. The molecule has 1 aliphatic rings. The molecule has 1 unspecified atom stereocenters. The molecule has 3 nitrogen and oxygen atoms in total. The molecule has 1 heterocycles. The number of benzene rings is 1. The summed E-state index contributed by atoms with van der Waals surface area (Å²) in [5.41, 5.74) is 3.14. The summed E-state index contributed by atoms with van der Waals surface area (Å²) in [6.07, 6.45) is 3.36. The summed E-state index contributed by atoms with van der Waals surface area (Å²) in [6, 6.07) is 8.34. The molecule has 1 aromatic carbocycles. The summed E-state index contributed by atoms with van der Waals surface area (Å²) in [4.78, 5) is 0.839. The second-order valence-corrected chi connectivity index (χ2v) is 5.71. The highest BCUT2D eigenvalue weighted by atomic mass is 32.1. The largest absolute Gasteiger partial charge is 0.383 e. The predicted molar refractivity (Wildman–Crippen MR) is 71.7 cm³/mol. The first-order valence-corrected chi connectivity index (χ1v) is 7.10. The highest BCUT2D eigenvalue weighted by molar-refractivity contribution is 7.05. The Hall–Kier alpha value is -1.26. The van der Waals surface area contributed by atoms with E-state index in [0.29, 0.717) is 0 Å². The Bertz CT molecular complexity index is 531. The van der Waals surface area contributed by atoms with Gasteiger partial charge >= 0.3 is 0 Å². The summed E-state index contributed by atoms with van der Waals surface area (Å²) >= 11 is 1.27. The molecule has 1 atom stereocenters. The summed E-state index contributed by atoms with van der Waals surface area (Å²) < 4.78 is 3.87. The van der Waals surface area contributed by atoms with E-state index in [9.17, 15) is 5.11 Å². The van der Waals surface area contributed by atoms with Crippen molar-refractivity contribution in [3.05, 3.63) is 46.0 Å². The third-order valence-electron chi connectivity index (χ3n) is 3.76. The number of aliphatic hydroxyl groups is 1. The number of nitrogens with zero attached hydrogens (tertiary/aromatic N) is 2. The second-order valence-electron chi connectivity index (χ2n) is 4.92. The topological polar surface area (TPSA) is 46.0 Å². The van der Waals surface area contributed by atoms with Gasteiger partial charge in [-0.15, -0.1) is 5.10 Å². The van der Waals surface area contributed by atoms with E-state index in [1.807, 2.05) is 19.1 Å². The number of hydrogen-bond donors (Lipinski definition) is 1. The lowest BCUT2D eigenvalue weighted by molar-refractivity contribution is 0.223. The minimum atomic E-state index is -0.597. The first kappa shape index (κ1) is 11.8. The zero-order chi connectivity index (χ0) is 12.5. The molecule has 0 bridgehead atoms. The first-order valence-electron chi connectivity index (χ1n) is 6.32. The fourth-order valence-corrected chi connectivity index (χ4v) is 2.99. The Morgan fingerprint density at radius 2 is 2.00 bits per heavy atom. The lowest BCUT2D eigenvalue weighted by atomic mass is 9.80. The fourth-order valence-electron chi connectivity index (χ4n) is 2.33. The molecule has 1 fully saturated rings. The molecule has 2 aromatic rings. The van der Waals surface area contributed by atoms with E-state index in [2.05, 4.69) is 21.7 Å². The summed E-state index contributed by atoms with van der Waals surface area (Å²) in [6.45, 7) is 1.88. The van der Waals surface area contributed by atoms with Crippen LogP contribution in [0, 0.1) is 6.92 Å². The van der Waals surface area contributed by atoms with Crippen LogP contribution in [0.4, 0.5) is 0 Å². The Labute approximate surface area is 111 Å². The highest BCUT2D eigenvalue weighted by Gasteiger charge is 2.20. The average Bonchev–Trinajstić information content (AvgIpc) is 2.73. The molecule has 1 saturated carbocycles. The van der Waals surface area contributed by atoms with Crippen LogP contribution in [0.3, 0.4) is 0 Å². The number of rotatable bonds is 3. The standard InChI is InChI=1S/C14H16N2OS/c1-9-14(18-16-15-9)13(17)12-7-5-11(6-8-12)10-3-2-4-10/h5-8,10,13,17H,2-4H2,1H3. The normalized spacial score (nSPS) is 17.4. The smallest absolute Gasteiger partial charge is 0.117 e. The molecule has 1 aliphatic carbocycles. The van der Waals surface area contributed by atoms with Gasteiger partial charge in [-0.05, 0) is 48.3 Å². The van der Waals surface area contributed by atoms with E-state index in [-0.39, 0.29) is 0 Å². The fraction of sp³-hybridized carbons (Fsp3) is 0.429. The van der Waals surface area contributed by atoms with Gasteiger partial charge in [0.25, 0.3) is 0 Å². The van der Waals surface area contributed by atoms with Crippen molar-refractivity contribution < 1.29 is 5.11 Å². The molecular weight excluding hydrogens is 244 g/mol. The van der Waals surface area contributed by atoms with Gasteiger partial charge in [-0.1, -0.05) is 35.2 Å². The van der Waals surface area contributed by atoms with Crippen LogP contribution in [0.15, 0.2) is 24.3 Å². The zero-order valence-corrected chi connectivity index (χ0v) is 11.2. The van der Waals surface area contributed by atoms with Crippen LogP contribution in [0.5, 0.6) is 0 Å². The molecule has 1 aromatic heterocycles. The molecule has 0 saturated heterocycles. The van der Waals surface area contributed by atoms with Crippen molar-refractivity contribution in [2.24, 2.45) is 0 Å². The van der Waals surface area contributed by atoms with Gasteiger partial charge < -0.3 is 5.11 Å². The SMILES string of the molecule is Cc1nnsc1C(O)c1ccc(C2CCC2)cc1. The van der Waals surface area contributed by atoms with Gasteiger partial charge in [-0.25, -0.2) is 0 Å². The van der Waals surface area contributed by atoms with Crippen LogP contribution in [-0.4, -0.2) is 14.7 Å². The third kappa shape index (κ3) is 2.06. The van der Waals surface area contributed by atoms with E-state index < -0.39 is 6.10 Å². The van der Waals surface area contributed by atoms with Crippen LogP contribution in [0.2, 0.25) is 0 Å². The van der Waals surface area contributed by atoms with Gasteiger partial charge in [0.05, 0.1) is 10.6 Å². The lowest BCUT2D eigenvalue weighted by Crippen LogP contribution is -2.08. The van der Waals surface area contributed by atoms with E-state index in [4.69, 9.17) is 0 Å². The van der Waals surface area contributed by atoms with Crippen LogP contribution >= 0.6 is 11.5 Å². The number of hydrogen-bond acceptors (Lipinski definition) is 4. The summed E-state index contributed by atoms with van der Waals surface area (Å²) in [7, 11) is 0. The van der Waals surface area contributed by atoms with Gasteiger partial charge in [-0.2, -0.15) is 0 Å². The second kappa shape index (κ2) is 4.78. The molecule has 0 amide bonds. The Morgan fingerprint density at radius 1 is 1.28 bits per heavy atom. The average molecular weight is 260 g/mol. The minimum Gasteiger partial charge on any atom is -0.383 e. The molecule has 1 N–H and O–H groups in total. The molecule has 3 rings (SSSR count). The van der Waals surface area contributed by atoms with Crippen molar-refractivity contribution in [3.63, 3.8) is 0 Å². The van der Waals surface area contributed by atoms with Crippen molar-refractivity contribution in [3.8, 4) is 0 Å². The van der Waals surface area contributed by atoms with Gasteiger partial charge in [0.15, 0.2) is 0 Å². The van der Waals surface area contributed by atoms with E-state index in [0.717, 1.165) is 22.1 Å². The van der Waals surface area contributed by atoms with Gasteiger partial charge in [-0.3, -0.25) is 0 Å². The van der Waals surface area contributed by atoms with Gasteiger partial charge in [0, 0.05) is 0 Å². The van der Waals surface area contributed by atoms with E-state index in [1.54, 1.807) is 0 Å². The highest BCUT2D eigenvalue weighted by Crippen LogP contribution is 2.37. The molecule has 18 heavy (non-hydrogen) atoms. The number of aromatic nitrogens is 2. The van der Waals surface area contributed by atoms with Crippen molar-refractivity contribution >= 4 is 11.5 Å². The van der Waals surface area contributed by atoms with Crippen molar-refractivity contribution in [2.75, 3.05) is 0 Å². The monoisotopic (exact) mass is 260 g/mol. The van der Waals surface area contributed by atoms with Crippen molar-refractivity contribution in [1.29, 1.82) is 0 Å². The van der Waals surface area contributed by atoms with Gasteiger partial charge in [0.1, 0.15) is 6.10 Å². The summed E-state index contributed by atoms with van der Waals surface area (Å²) in [5.74, 6) is 0.739. The molecule has 94 valence electrons. The first-order chi connectivity index (χ1) is 8.75. The Kier molecular flexibility index (Phi) is 3.14. The Balaban J connectivity index is 1.82. The van der Waals surface area contributed by atoms with Gasteiger partial charge in [0.2, 0.25) is 0 Å². The third-order valence-corrected chi connectivity index (χ3v) is 4.64. The van der Waals surface area contributed by atoms with Crippen LogP contribution < -0.4 is 0 Å². The zero-order valence-electron chi connectivity index (χ0n) is 10.3. The quantitative estimate of drug-likeness (QED) is 0.921. The molecule has 0 aliphatic heterocycles.